The maximum atomic E-state index is 11.0. The van der Waals surface area contributed by atoms with Gasteiger partial charge in [-0.2, -0.15) is 0 Å². The lowest BCUT2D eigenvalue weighted by atomic mass is 9.80. The van der Waals surface area contributed by atoms with E-state index < -0.39 is 9.84 Å². The third-order valence-electron chi connectivity index (χ3n) is 3.02. The third kappa shape index (κ3) is 4.09. The van der Waals surface area contributed by atoms with Crippen molar-refractivity contribution >= 4 is 9.84 Å². The Kier molecular flexibility index (Phi) is 4.14. The first-order valence-corrected chi connectivity index (χ1v) is 7.39. The van der Waals surface area contributed by atoms with Crippen molar-refractivity contribution in [3.05, 3.63) is 0 Å². The summed E-state index contributed by atoms with van der Waals surface area (Å²) < 4.78 is 27.5. The predicted octanol–water partition coefficient (Wildman–Crippen LogP) is 0.578. The Morgan fingerprint density at radius 1 is 1.47 bits per heavy atom. The van der Waals surface area contributed by atoms with Gasteiger partial charge in [0.2, 0.25) is 0 Å². The minimum atomic E-state index is -2.89. The van der Waals surface area contributed by atoms with Crippen LogP contribution in [0.5, 0.6) is 0 Å². The van der Waals surface area contributed by atoms with Crippen molar-refractivity contribution in [2.24, 2.45) is 0 Å². The van der Waals surface area contributed by atoms with Gasteiger partial charge in [-0.15, -0.1) is 0 Å². The topological polar surface area (TPSA) is 55.4 Å². The van der Waals surface area contributed by atoms with Crippen LogP contribution in [0.2, 0.25) is 0 Å². The van der Waals surface area contributed by atoms with Gasteiger partial charge in [-0.1, -0.05) is 0 Å². The van der Waals surface area contributed by atoms with E-state index in [0.717, 1.165) is 19.4 Å². The Morgan fingerprint density at radius 2 is 2.07 bits per heavy atom. The normalized spacial score (nSPS) is 22.1. The van der Waals surface area contributed by atoms with Gasteiger partial charge < -0.3 is 10.1 Å². The fourth-order valence-electron chi connectivity index (χ4n) is 1.90. The molecule has 4 nitrogen and oxygen atoms in total. The summed E-state index contributed by atoms with van der Waals surface area (Å²) in [4.78, 5) is 0. The smallest absolute Gasteiger partial charge is 0.148 e. The summed E-state index contributed by atoms with van der Waals surface area (Å²) in [5, 5.41) is 3.23. The predicted molar refractivity (Wildman–Crippen MR) is 60.8 cm³/mol. The molecule has 0 bridgehead atoms. The highest BCUT2D eigenvalue weighted by atomic mass is 32.2. The van der Waals surface area contributed by atoms with Crippen molar-refractivity contribution in [2.45, 2.75) is 37.8 Å². The summed E-state index contributed by atoms with van der Waals surface area (Å²) in [7, 11) is -1.17. The summed E-state index contributed by atoms with van der Waals surface area (Å²) in [5.74, 6) is 0.187. The van der Waals surface area contributed by atoms with Gasteiger partial charge in [0.25, 0.3) is 0 Å². The zero-order chi connectivity index (χ0) is 11.5. The van der Waals surface area contributed by atoms with Crippen LogP contribution in [0.25, 0.3) is 0 Å². The number of sulfone groups is 1. The Labute approximate surface area is 92.3 Å². The number of methoxy groups -OCH3 is 1. The molecule has 1 atom stereocenters. The molecule has 0 aliphatic heterocycles. The van der Waals surface area contributed by atoms with Crippen LogP contribution in [0, 0.1) is 0 Å². The SMILES string of the molecule is COC1(CNC(C)CS(C)(=O)=O)CCC1. The molecule has 0 aromatic heterocycles. The molecule has 0 aromatic rings. The van der Waals surface area contributed by atoms with E-state index in [4.69, 9.17) is 4.74 Å². The maximum Gasteiger partial charge on any atom is 0.148 e. The molecule has 0 spiro atoms. The largest absolute Gasteiger partial charge is 0.377 e. The number of hydrogen-bond donors (Lipinski definition) is 1. The van der Waals surface area contributed by atoms with Gasteiger partial charge in [-0.3, -0.25) is 0 Å². The molecule has 0 aromatic carbocycles. The van der Waals surface area contributed by atoms with Crippen LogP contribution in [-0.4, -0.2) is 45.7 Å². The number of ether oxygens (including phenoxy) is 1. The molecule has 0 heterocycles. The number of hydrogen-bond acceptors (Lipinski definition) is 4. The Balaban J connectivity index is 2.30. The van der Waals surface area contributed by atoms with E-state index in [0.29, 0.717) is 0 Å². The molecule has 0 radical (unpaired) electrons. The summed E-state index contributed by atoms with van der Waals surface area (Å²) in [6.07, 6.45) is 4.61. The summed E-state index contributed by atoms with van der Waals surface area (Å²) in [5.41, 5.74) is -0.0359. The molecule has 1 aliphatic rings. The highest BCUT2D eigenvalue weighted by Crippen LogP contribution is 2.34. The van der Waals surface area contributed by atoms with Gasteiger partial charge in [0.1, 0.15) is 9.84 Å². The van der Waals surface area contributed by atoms with Gasteiger partial charge in [0.15, 0.2) is 0 Å². The molecule has 1 unspecified atom stereocenters. The lowest BCUT2D eigenvalue weighted by molar-refractivity contribution is -0.0703. The first-order valence-electron chi connectivity index (χ1n) is 5.33. The highest BCUT2D eigenvalue weighted by Gasteiger charge is 2.36. The minimum Gasteiger partial charge on any atom is -0.377 e. The summed E-state index contributed by atoms with van der Waals surface area (Å²) in [6, 6.07) is -0.00683. The fourth-order valence-corrected chi connectivity index (χ4v) is 2.92. The van der Waals surface area contributed by atoms with Gasteiger partial charge in [-0.05, 0) is 26.2 Å². The Bertz CT molecular complexity index is 290. The molecule has 5 heteroatoms. The van der Waals surface area contributed by atoms with Crippen molar-refractivity contribution in [3.63, 3.8) is 0 Å². The zero-order valence-corrected chi connectivity index (χ0v) is 10.6. The summed E-state index contributed by atoms with van der Waals surface area (Å²) >= 11 is 0. The lowest BCUT2D eigenvalue weighted by Gasteiger charge is -2.41. The second-order valence-electron chi connectivity index (χ2n) is 4.62. The first-order chi connectivity index (χ1) is 6.87. The average molecular weight is 235 g/mol. The van der Waals surface area contributed by atoms with E-state index in [2.05, 4.69) is 5.32 Å². The Hall–Kier alpha value is -0.130. The van der Waals surface area contributed by atoms with Crippen LogP contribution >= 0.6 is 0 Å². The van der Waals surface area contributed by atoms with E-state index in [9.17, 15) is 8.42 Å². The van der Waals surface area contributed by atoms with E-state index in [1.54, 1.807) is 7.11 Å². The van der Waals surface area contributed by atoms with E-state index in [1.807, 2.05) is 6.92 Å². The van der Waals surface area contributed by atoms with Gasteiger partial charge in [-0.25, -0.2) is 8.42 Å². The average Bonchev–Trinajstić information content (AvgIpc) is 1.99. The second-order valence-corrected chi connectivity index (χ2v) is 6.80. The second kappa shape index (κ2) is 4.80. The zero-order valence-electron chi connectivity index (χ0n) is 9.75. The van der Waals surface area contributed by atoms with Crippen LogP contribution in [0.3, 0.4) is 0 Å². The monoisotopic (exact) mass is 235 g/mol. The molecule has 1 N–H and O–H groups in total. The lowest BCUT2D eigenvalue weighted by Crippen LogP contribution is -2.50. The molecule has 0 saturated heterocycles. The van der Waals surface area contributed by atoms with Crippen LogP contribution < -0.4 is 5.32 Å². The molecular formula is C10H21NO3S. The number of rotatable bonds is 6. The molecule has 1 saturated carbocycles. The van der Waals surface area contributed by atoms with Crippen LogP contribution in [0.1, 0.15) is 26.2 Å². The third-order valence-corrected chi connectivity index (χ3v) is 4.13. The first kappa shape index (κ1) is 12.9. The molecule has 1 fully saturated rings. The molecule has 15 heavy (non-hydrogen) atoms. The Morgan fingerprint density at radius 3 is 2.40 bits per heavy atom. The van der Waals surface area contributed by atoms with Crippen molar-refractivity contribution in [1.82, 2.24) is 5.32 Å². The van der Waals surface area contributed by atoms with E-state index >= 15 is 0 Å². The molecule has 90 valence electrons. The summed E-state index contributed by atoms with van der Waals surface area (Å²) in [6.45, 7) is 2.64. The molecule has 1 aliphatic carbocycles. The van der Waals surface area contributed by atoms with E-state index in [1.165, 1.54) is 12.7 Å². The van der Waals surface area contributed by atoms with E-state index in [-0.39, 0.29) is 17.4 Å². The van der Waals surface area contributed by atoms with Crippen molar-refractivity contribution < 1.29 is 13.2 Å². The molecule has 0 amide bonds. The quantitative estimate of drug-likeness (QED) is 0.731. The number of nitrogens with one attached hydrogen (secondary N) is 1. The van der Waals surface area contributed by atoms with Gasteiger partial charge >= 0.3 is 0 Å². The minimum absolute atomic E-state index is 0.00683. The molecule has 1 rings (SSSR count). The van der Waals surface area contributed by atoms with Gasteiger partial charge in [0, 0.05) is 26.0 Å². The standard InChI is InChI=1S/C10H21NO3S/c1-9(7-15(3,12)13)11-8-10(14-2)5-4-6-10/h9,11H,4-8H2,1-3H3. The maximum absolute atomic E-state index is 11.0. The van der Waals surface area contributed by atoms with Crippen molar-refractivity contribution in [1.29, 1.82) is 0 Å². The van der Waals surface area contributed by atoms with Crippen LogP contribution in [-0.2, 0) is 14.6 Å². The fraction of sp³-hybridized carbons (Fsp3) is 1.00. The molecular weight excluding hydrogens is 214 g/mol. The van der Waals surface area contributed by atoms with Crippen LogP contribution in [0.15, 0.2) is 0 Å². The van der Waals surface area contributed by atoms with Crippen LogP contribution in [0.4, 0.5) is 0 Å². The highest BCUT2D eigenvalue weighted by molar-refractivity contribution is 7.90. The van der Waals surface area contributed by atoms with Gasteiger partial charge in [0.05, 0.1) is 11.4 Å². The van der Waals surface area contributed by atoms with Crippen molar-refractivity contribution in [3.8, 4) is 0 Å². The van der Waals surface area contributed by atoms with Crippen molar-refractivity contribution in [2.75, 3.05) is 25.7 Å².